The summed E-state index contributed by atoms with van der Waals surface area (Å²) in [5.74, 6) is 1.99. The molecule has 122 valence electrons. The summed E-state index contributed by atoms with van der Waals surface area (Å²) >= 11 is 0. The molecule has 0 saturated carbocycles. The second-order valence-corrected chi connectivity index (χ2v) is 6.40. The van der Waals surface area contributed by atoms with Gasteiger partial charge in [-0.3, -0.25) is 4.68 Å². The molecule has 2 aromatic rings. The van der Waals surface area contributed by atoms with Gasteiger partial charge in [0.2, 0.25) is 5.89 Å². The van der Waals surface area contributed by atoms with Crippen LogP contribution in [-0.4, -0.2) is 33.0 Å². The van der Waals surface area contributed by atoms with Crippen molar-refractivity contribution in [2.45, 2.75) is 60.0 Å². The predicted octanol–water partition coefficient (Wildman–Crippen LogP) is 2.28. The van der Waals surface area contributed by atoms with Gasteiger partial charge in [-0.1, -0.05) is 19.0 Å². The number of hydrogen-bond donors (Lipinski definition) is 1. The van der Waals surface area contributed by atoms with E-state index in [2.05, 4.69) is 52.9 Å². The van der Waals surface area contributed by atoms with Crippen LogP contribution < -0.4 is 5.32 Å². The first-order valence-corrected chi connectivity index (χ1v) is 7.92. The lowest BCUT2D eigenvalue weighted by Crippen LogP contribution is -2.24. The van der Waals surface area contributed by atoms with E-state index in [1.54, 1.807) is 0 Å². The molecule has 22 heavy (non-hydrogen) atoms. The van der Waals surface area contributed by atoms with Crippen molar-refractivity contribution in [2.75, 3.05) is 7.05 Å². The van der Waals surface area contributed by atoms with E-state index < -0.39 is 0 Å². The SMILES string of the molecule is CNC(C)Cc1noc(Cc2c(C)nn(CC(C)C)c2C)n1. The molecule has 0 bridgehead atoms. The summed E-state index contributed by atoms with van der Waals surface area (Å²) in [6, 6.07) is 0.336. The van der Waals surface area contributed by atoms with Crippen molar-refractivity contribution in [1.29, 1.82) is 0 Å². The maximum absolute atomic E-state index is 5.39. The lowest BCUT2D eigenvalue weighted by Gasteiger charge is -2.07. The predicted molar refractivity (Wildman–Crippen MR) is 85.9 cm³/mol. The maximum atomic E-state index is 5.39. The minimum absolute atomic E-state index is 0.336. The lowest BCUT2D eigenvalue weighted by atomic mass is 10.1. The summed E-state index contributed by atoms with van der Waals surface area (Å²) in [4.78, 5) is 4.49. The van der Waals surface area contributed by atoms with Gasteiger partial charge in [0.25, 0.3) is 0 Å². The zero-order chi connectivity index (χ0) is 16.3. The number of nitrogens with zero attached hydrogens (tertiary/aromatic N) is 4. The Labute approximate surface area is 132 Å². The Morgan fingerprint density at radius 1 is 1.23 bits per heavy atom. The fraction of sp³-hybridized carbons (Fsp3) is 0.688. The number of rotatable bonds is 7. The molecule has 0 aliphatic rings. The topological polar surface area (TPSA) is 68.8 Å². The third-order valence-corrected chi connectivity index (χ3v) is 3.89. The van der Waals surface area contributed by atoms with Crippen LogP contribution in [0.5, 0.6) is 0 Å². The van der Waals surface area contributed by atoms with Crippen LogP contribution in [-0.2, 0) is 19.4 Å². The summed E-state index contributed by atoms with van der Waals surface area (Å²) in [5, 5.41) is 11.9. The number of nitrogens with one attached hydrogen (secondary N) is 1. The molecular formula is C16H27N5O. The number of aryl methyl sites for hydroxylation is 1. The third kappa shape index (κ3) is 3.94. The van der Waals surface area contributed by atoms with Gasteiger partial charge in [0.1, 0.15) is 0 Å². The molecule has 0 aliphatic heterocycles. The van der Waals surface area contributed by atoms with Gasteiger partial charge in [0.05, 0.1) is 12.1 Å². The highest BCUT2D eigenvalue weighted by molar-refractivity contribution is 5.27. The Balaban J connectivity index is 2.12. The number of hydrogen-bond acceptors (Lipinski definition) is 5. The van der Waals surface area contributed by atoms with E-state index in [1.165, 1.54) is 11.3 Å². The zero-order valence-corrected chi connectivity index (χ0v) is 14.5. The first-order valence-electron chi connectivity index (χ1n) is 7.92. The number of aromatic nitrogens is 4. The molecule has 1 unspecified atom stereocenters. The van der Waals surface area contributed by atoms with Gasteiger partial charge in [-0.05, 0) is 33.7 Å². The fourth-order valence-corrected chi connectivity index (χ4v) is 2.49. The van der Waals surface area contributed by atoms with Crippen LogP contribution in [0.15, 0.2) is 4.52 Å². The standard InChI is InChI=1S/C16H27N5O/c1-10(2)9-21-13(5)14(12(4)19-21)8-16-18-15(20-22-16)7-11(3)17-6/h10-11,17H,7-9H2,1-6H3. The van der Waals surface area contributed by atoms with Crippen molar-refractivity contribution in [3.8, 4) is 0 Å². The monoisotopic (exact) mass is 305 g/mol. The van der Waals surface area contributed by atoms with Gasteiger partial charge in [0, 0.05) is 30.3 Å². The molecule has 2 rings (SSSR count). The van der Waals surface area contributed by atoms with Gasteiger partial charge < -0.3 is 9.84 Å². The van der Waals surface area contributed by atoms with Crippen LogP contribution >= 0.6 is 0 Å². The van der Waals surface area contributed by atoms with Gasteiger partial charge in [-0.25, -0.2) is 0 Å². The van der Waals surface area contributed by atoms with Crippen molar-refractivity contribution in [3.63, 3.8) is 0 Å². The molecule has 0 amide bonds. The minimum Gasteiger partial charge on any atom is -0.339 e. The summed E-state index contributed by atoms with van der Waals surface area (Å²) in [6.07, 6.45) is 1.42. The third-order valence-electron chi connectivity index (χ3n) is 3.89. The molecule has 0 radical (unpaired) electrons. The molecule has 2 aromatic heterocycles. The molecule has 6 heteroatoms. The van der Waals surface area contributed by atoms with E-state index in [9.17, 15) is 0 Å². The summed E-state index contributed by atoms with van der Waals surface area (Å²) in [7, 11) is 1.93. The molecular weight excluding hydrogens is 278 g/mol. The van der Waals surface area contributed by atoms with E-state index >= 15 is 0 Å². The molecule has 2 heterocycles. The highest BCUT2D eigenvalue weighted by Crippen LogP contribution is 2.18. The van der Waals surface area contributed by atoms with Crippen molar-refractivity contribution in [1.82, 2.24) is 25.2 Å². The van der Waals surface area contributed by atoms with E-state index in [0.29, 0.717) is 24.3 Å². The van der Waals surface area contributed by atoms with Crippen LogP contribution in [0.3, 0.4) is 0 Å². The molecule has 0 aromatic carbocycles. The molecule has 0 fully saturated rings. The lowest BCUT2D eigenvalue weighted by molar-refractivity contribution is 0.377. The Morgan fingerprint density at radius 2 is 1.95 bits per heavy atom. The number of likely N-dealkylation sites (N-methyl/N-ethyl adjacent to an activating group) is 1. The van der Waals surface area contributed by atoms with Crippen LogP contribution in [0.25, 0.3) is 0 Å². The largest absolute Gasteiger partial charge is 0.339 e. The average Bonchev–Trinajstić information content (AvgIpc) is 2.98. The fourth-order valence-electron chi connectivity index (χ4n) is 2.49. The van der Waals surface area contributed by atoms with Crippen molar-refractivity contribution in [2.24, 2.45) is 5.92 Å². The quantitative estimate of drug-likeness (QED) is 0.850. The van der Waals surface area contributed by atoms with Crippen LogP contribution in [0.4, 0.5) is 0 Å². The minimum atomic E-state index is 0.336. The Bertz CT molecular complexity index is 614. The van der Waals surface area contributed by atoms with E-state index in [0.717, 1.165) is 24.5 Å². The molecule has 0 aliphatic carbocycles. The normalized spacial score (nSPS) is 13.0. The highest BCUT2D eigenvalue weighted by Gasteiger charge is 2.16. The second-order valence-electron chi connectivity index (χ2n) is 6.40. The molecule has 0 saturated heterocycles. The Morgan fingerprint density at radius 3 is 2.59 bits per heavy atom. The maximum Gasteiger partial charge on any atom is 0.231 e. The second kappa shape index (κ2) is 7.05. The highest BCUT2D eigenvalue weighted by atomic mass is 16.5. The van der Waals surface area contributed by atoms with Crippen molar-refractivity contribution >= 4 is 0 Å². The molecule has 1 atom stereocenters. The van der Waals surface area contributed by atoms with Gasteiger partial charge >= 0.3 is 0 Å². The summed E-state index contributed by atoms with van der Waals surface area (Å²) in [5.41, 5.74) is 3.42. The van der Waals surface area contributed by atoms with E-state index in [-0.39, 0.29) is 0 Å². The Hall–Kier alpha value is -1.69. The zero-order valence-electron chi connectivity index (χ0n) is 14.5. The van der Waals surface area contributed by atoms with Gasteiger partial charge in [-0.2, -0.15) is 10.1 Å². The first kappa shape index (κ1) is 16.7. The average molecular weight is 305 g/mol. The molecule has 1 N–H and O–H groups in total. The Kier molecular flexibility index (Phi) is 5.34. The smallest absolute Gasteiger partial charge is 0.231 e. The summed E-state index contributed by atoms with van der Waals surface area (Å²) in [6.45, 7) is 11.6. The molecule has 0 spiro atoms. The van der Waals surface area contributed by atoms with E-state index in [1.807, 2.05) is 14.0 Å². The van der Waals surface area contributed by atoms with Crippen molar-refractivity contribution in [3.05, 3.63) is 28.7 Å². The first-order chi connectivity index (χ1) is 10.4. The van der Waals surface area contributed by atoms with Crippen LogP contribution in [0.1, 0.15) is 49.4 Å². The van der Waals surface area contributed by atoms with Crippen LogP contribution in [0.2, 0.25) is 0 Å². The van der Waals surface area contributed by atoms with Gasteiger partial charge in [-0.15, -0.1) is 0 Å². The molecule has 6 nitrogen and oxygen atoms in total. The van der Waals surface area contributed by atoms with Crippen LogP contribution in [0, 0.1) is 19.8 Å². The van der Waals surface area contributed by atoms with E-state index in [4.69, 9.17) is 4.52 Å². The van der Waals surface area contributed by atoms with Crippen molar-refractivity contribution < 1.29 is 4.52 Å². The summed E-state index contributed by atoms with van der Waals surface area (Å²) < 4.78 is 7.47. The van der Waals surface area contributed by atoms with Gasteiger partial charge in [0.15, 0.2) is 5.82 Å².